The number of hydrogen-bond donors (Lipinski definition) is 1. The van der Waals surface area contributed by atoms with Gasteiger partial charge < -0.3 is 15.2 Å². The van der Waals surface area contributed by atoms with E-state index in [1.807, 2.05) is 0 Å². The summed E-state index contributed by atoms with van der Waals surface area (Å²) in [4.78, 5) is 0. The van der Waals surface area contributed by atoms with Gasteiger partial charge in [0.1, 0.15) is 21.0 Å². The fourth-order valence-electron chi connectivity index (χ4n) is 2.13. The maximum atomic E-state index is 12.7. The van der Waals surface area contributed by atoms with Crippen molar-refractivity contribution in [3.63, 3.8) is 0 Å². The Kier molecular flexibility index (Phi) is 4.87. The van der Waals surface area contributed by atoms with Crippen molar-refractivity contribution in [1.82, 2.24) is 0 Å². The van der Waals surface area contributed by atoms with Gasteiger partial charge in [0.05, 0.1) is 20.8 Å². The summed E-state index contributed by atoms with van der Waals surface area (Å²) in [7, 11) is -0.416. The Hall–Kier alpha value is -1.57. The largest absolute Gasteiger partial charge is 0.497 e. The number of hydrogen-bond acceptors (Lipinski definition) is 5. The van der Waals surface area contributed by atoms with Crippen molar-refractivity contribution in [2.24, 2.45) is 0 Å². The van der Waals surface area contributed by atoms with Crippen molar-refractivity contribution in [2.75, 3.05) is 20.8 Å². The molecule has 0 aliphatic rings. The molecule has 0 aliphatic heterocycles. The van der Waals surface area contributed by atoms with E-state index in [0.717, 1.165) is 0 Å². The fraction of sp³-hybridized carbons (Fsp3) is 0.286. The molecule has 0 aliphatic carbocycles. The van der Waals surface area contributed by atoms with E-state index in [2.05, 4.69) is 5.73 Å². The van der Waals surface area contributed by atoms with Crippen LogP contribution in [-0.2, 0) is 9.84 Å². The minimum Gasteiger partial charge on any atom is -0.497 e. The molecule has 0 radical (unpaired) electrons. The lowest BCUT2D eigenvalue weighted by atomic mass is 10.1. The minimum atomic E-state index is -3.48. The van der Waals surface area contributed by atoms with Crippen LogP contribution in [0.15, 0.2) is 39.9 Å². The summed E-state index contributed by atoms with van der Waals surface area (Å²) in [5.41, 5.74) is 4.39. The van der Waals surface area contributed by atoms with Crippen LogP contribution in [0.5, 0.6) is 11.5 Å². The molecular formula is C14H18NO4S2+. The van der Waals surface area contributed by atoms with E-state index in [1.54, 1.807) is 42.8 Å². The van der Waals surface area contributed by atoms with Gasteiger partial charge in [-0.1, -0.05) is 12.1 Å². The van der Waals surface area contributed by atoms with Crippen LogP contribution in [0, 0.1) is 0 Å². The van der Waals surface area contributed by atoms with Gasteiger partial charge in [0.25, 0.3) is 0 Å². The second-order valence-corrected chi connectivity index (χ2v) is 7.67. The van der Waals surface area contributed by atoms with Gasteiger partial charge in [0.2, 0.25) is 0 Å². The van der Waals surface area contributed by atoms with Crippen LogP contribution < -0.4 is 15.2 Å². The van der Waals surface area contributed by atoms with Gasteiger partial charge in [-0.05, 0) is 17.5 Å². The Bertz CT molecular complexity index is 696. The number of thiophene rings is 1. The van der Waals surface area contributed by atoms with Crippen LogP contribution in [-0.4, -0.2) is 29.2 Å². The zero-order valence-corrected chi connectivity index (χ0v) is 13.5. The smallest absolute Gasteiger partial charge is 0.200 e. The molecule has 5 nitrogen and oxygen atoms in total. The Labute approximate surface area is 128 Å². The van der Waals surface area contributed by atoms with Gasteiger partial charge in [0.15, 0.2) is 9.84 Å². The number of benzene rings is 1. The normalized spacial score (nSPS) is 12.9. The molecule has 21 heavy (non-hydrogen) atoms. The molecule has 0 fully saturated rings. The molecule has 0 saturated carbocycles. The van der Waals surface area contributed by atoms with E-state index in [0.29, 0.717) is 21.3 Å². The van der Waals surface area contributed by atoms with Gasteiger partial charge in [-0.3, -0.25) is 0 Å². The first kappa shape index (κ1) is 15.8. The topological polar surface area (TPSA) is 80.2 Å². The SMILES string of the molecule is COc1ccc([C@H](C[NH3+])S(=O)(=O)c2cccs2)c(OC)c1. The number of methoxy groups -OCH3 is 2. The van der Waals surface area contributed by atoms with E-state index >= 15 is 0 Å². The molecule has 0 unspecified atom stereocenters. The molecule has 0 amide bonds. The molecule has 1 aromatic carbocycles. The summed E-state index contributed by atoms with van der Waals surface area (Å²) in [6.07, 6.45) is 0. The zero-order chi connectivity index (χ0) is 15.5. The Morgan fingerprint density at radius 1 is 1.24 bits per heavy atom. The average molecular weight is 328 g/mol. The monoisotopic (exact) mass is 328 g/mol. The molecule has 2 aromatic rings. The molecule has 3 N–H and O–H groups in total. The summed E-state index contributed by atoms with van der Waals surface area (Å²) in [5.74, 6) is 1.11. The highest BCUT2D eigenvalue weighted by molar-refractivity contribution is 7.93. The van der Waals surface area contributed by atoms with E-state index in [9.17, 15) is 8.42 Å². The van der Waals surface area contributed by atoms with Gasteiger partial charge >= 0.3 is 0 Å². The highest BCUT2D eigenvalue weighted by Gasteiger charge is 2.32. The zero-order valence-electron chi connectivity index (χ0n) is 11.9. The van der Waals surface area contributed by atoms with Crippen LogP contribution in [0.25, 0.3) is 0 Å². The van der Waals surface area contributed by atoms with E-state index < -0.39 is 15.1 Å². The maximum absolute atomic E-state index is 12.7. The van der Waals surface area contributed by atoms with Crippen molar-refractivity contribution in [2.45, 2.75) is 9.46 Å². The summed E-state index contributed by atoms with van der Waals surface area (Å²) in [5, 5.41) is 1.01. The van der Waals surface area contributed by atoms with Crippen LogP contribution in [0.3, 0.4) is 0 Å². The molecule has 0 bridgehead atoms. The molecule has 2 rings (SSSR count). The van der Waals surface area contributed by atoms with Crippen LogP contribution in [0.4, 0.5) is 0 Å². The number of ether oxygens (including phenoxy) is 2. The lowest BCUT2D eigenvalue weighted by Crippen LogP contribution is -2.54. The number of sulfone groups is 1. The minimum absolute atomic E-state index is 0.225. The second-order valence-electron chi connectivity index (χ2n) is 4.36. The summed E-state index contributed by atoms with van der Waals surface area (Å²) in [6, 6.07) is 8.46. The highest BCUT2D eigenvalue weighted by atomic mass is 32.2. The van der Waals surface area contributed by atoms with Gasteiger partial charge in [-0.15, -0.1) is 11.3 Å². The van der Waals surface area contributed by atoms with Gasteiger partial charge in [-0.2, -0.15) is 0 Å². The standard InChI is InChI=1S/C14H17NO4S2/c1-18-10-5-6-11(12(8-10)19-2)13(9-15)21(16,17)14-4-3-7-20-14/h3-8,13H,9,15H2,1-2H3/p+1/t13-/m0/s1. The molecule has 1 aromatic heterocycles. The predicted molar refractivity (Wildman–Crippen MR) is 81.5 cm³/mol. The third-order valence-corrected chi connectivity index (χ3v) is 6.78. The Balaban J connectivity index is 2.52. The summed E-state index contributed by atoms with van der Waals surface area (Å²) >= 11 is 1.21. The first-order chi connectivity index (χ1) is 10.0. The first-order valence-corrected chi connectivity index (χ1v) is 8.75. The molecule has 7 heteroatoms. The van der Waals surface area contributed by atoms with E-state index in [4.69, 9.17) is 9.47 Å². The Morgan fingerprint density at radius 2 is 2.00 bits per heavy atom. The van der Waals surface area contributed by atoms with Crippen molar-refractivity contribution >= 4 is 21.2 Å². The lowest BCUT2D eigenvalue weighted by molar-refractivity contribution is -0.367. The molecule has 0 saturated heterocycles. The predicted octanol–water partition coefficient (Wildman–Crippen LogP) is 1.52. The maximum Gasteiger partial charge on any atom is 0.200 e. The van der Waals surface area contributed by atoms with Crippen LogP contribution in [0.1, 0.15) is 10.8 Å². The number of quaternary nitrogens is 1. The fourth-order valence-corrected chi connectivity index (χ4v) is 5.02. The average Bonchev–Trinajstić information content (AvgIpc) is 3.03. The van der Waals surface area contributed by atoms with Crippen LogP contribution >= 0.6 is 11.3 Å². The molecular weight excluding hydrogens is 310 g/mol. The summed E-state index contributed by atoms with van der Waals surface area (Å²) in [6.45, 7) is 0.225. The van der Waals surface area contributed by atoms with Crippen molar-refractivity contribution in [3.8, 4) is 11.5 Å². The third kappa shape index (κ3) is 3.04. The first-order valence-electron chi connectivity index (χ1n) is 6.33. The Morgan fingerprint density at radius 3 is 2.52 bits per heavy atom. The van der Waals surface area contributed by atoms with Crippen molar-refractivity contribution < 1.29 is 23.6 Å². The molecule has 0 spiro atoms. The molecule has 1 atom stereocenters. The van der Waals surface area contributed by atoms with Crippen molar-refractivity contribution in [1.29, 1.82) is 0 Å². The quantitative estimate of drug-likeness (QED) is 0.872. The van der Waals surface area contributed by atoms with Gasteiger partial charge in [0, 0.05) is 11.6 Å². The summed E-state index contributed by atoms with van der Waals surface area (Å²) < 4.78 is 36.3. The molecule has 1 heterocycles. The van der Waals surface area contributed by atoms with E-state index in [-0.39, 0.29) is 6.54 Å². The van der Waals surface area contributed by atoms with Crippen LogP contribution in [0.2, 0.25) is 0 Å². The van der Waals surface area contributed by atoms with E-state index in [1.165, 1.54) is 18.4 Å². The number of rotatable bonds is 6. The van der Waals surface area contributed by atoms with Crippen molar-refractivity contribution in [3.05, 3.63) is 41.3 Å². The third-order valence-electron chi connectivity index (χ3n) is 3.20. The van der Waals surface area contributed by atoms with Gasteiger partial charge in [-0.25, -0.2) is 8.42 Å². The lowest BCUT2D eigenvalue weighted by Gasteiger charge is -2.17. The molecule has 114 valence electrons. The highest BCUT2D eigenvalue weighted by Crippen LogP contribution is 2.36. The second kappa shape index (κ2) is 6.46.